The molecule has 0 aliphatic heterocycles. The molecule has 0 spiro atoms. The third kappa shape index (κ3) is 2.35. The van der Waals surface area contributed by atoms with Crippen LogP contribution in [-0.4, -0.2) is 20.8 Å². The second-order valence-electron chi connectivity index (χ2n) is 4.59. The first-order chi connectivity index (χ1) is 9.32. The van der Waals surface area contributed by atoms with Gasteiger partial charge in [-0.1, -0.05) is 0 Å². The van der Waals surface area contributed by atoms with Crippen LogP contribution in [-0.2, 0) is 0 Å². The zero-order chi connectivity index (χ0) is 13.1. The average Bonchev–Trinajstić information content (AvgIpc) is 3.03. The predicted molar refractivity (Wildman–Crippen MR) is 86.9 cm³/mol. The summed E-state index contributed by atoms with van der Waals surface area (Å²) in [5.74, 6) is 0. The van der Waals surface area contributed by atoms with Gasteiger partial charge in [0.05, 0.1) is 0 Å². The van der Waals surface area contributed by atoms with E-state index in [4.69, 9.17) is 0 Å². The van der Waals surface area contributed by atoms with E-state index in [2.05, 4.69) is 100 Å². The molecule has 0 nitrogen and oxygen atoms in total. The van der Waals surface area contributed by atoms with Gasteiger partial charge in [0.2, 0.25) is 0 Å². The first-order valence-corrected chi connectivity index (χ1v) is 10.5. The predicted octanol–water partition coefficient (Wildman–Crippen LogP) is 3.23. The van der Waals surface area contributed by atoms with E-state index in [1.165, 1.54) is 10.6 Å². The molecule has 3 rings (SSSR count). The van der Waals surface area contributed by atoms with Crippen molar-refractivity contribution in [3.8, 4) is 0 Å². The Kier molecular flexibility index (Phi) is 3.71. The second-order valence-corrected chi connectivity index (χ2v) is 11.2. The summed E-state index contributed by atoms with van der Waals surface area (Å²) in [6, 6.07) is 21.7. The van der Waals surface area contributed by atoms with Crippen molar-refractivity contribution in [2.45, 2.75) is 5.66 Å². The minimum absolute atomic E-state index is 0.470. The van der Waals surface area contributed by atoms with Crippen molar-refractivity contribution in [3.63, 3.8) is 0 Å². The molecule has 2 aromatic rings. The molecule has 0 aromatic heterocycles. The van der Waals surface area contributed by atoms with Crippen LogP contribution in [0.1, 0.15) is 0 Å². The number of hydrogen-bond acceptors (Lipinski definition) is 0. The van der Waals surface area contributed by atoms with Crippen LogP contribution in [0.2, 0.25) is 0 Å². The van der Waals surface area contributed by atoms with Crippen LogP contribution in [0.4, 0.5) is 0 Å². The summed E-state index contributed by atoms with van der Waals surface area (Å²) >= 11 is 3.57. The molecule has 94 valence electrons. The molecule has 0 radical (unpaired) electrons. The maximum absolute atomic E-state index is 3.57. The van der Waals surface area contributed by atoms with E-state index in [9.17, 15) is 0 Å². The van der Waals surface area contributed by atoms with Gasteiger partial charge in [-0.3, -0.25) is 0 Å². The summed E-state index contributed by atoms with van der Waals surface area (Å²) in [7, 11) is 0. The fourth-order valence-electron chi connectivity index (χ4n) is 2.45. The molecule has 0 heterocycles. The molecule has 0 N–H and O–H groups in total. The first kappa shape index (κ1) is 12.9. The molecule has 19 heavy (non-hydrogen) atoms. The molecule has 2 aromatic carbocycles. The molecule has 0 amide bonds. The van der Waals surface area contributed by atoms with Crippen molar-refractivity contribution >= 4 is 31.2 Å². The fourth-order valence-corrected chi connectivity index (χ4v) is 7.77. The van der Waals surface area contributed by atoms with Crippen LogP contribution in [0, 0.1) is 0 Å². The van der Waals surface area contributed by atoms with E-state index < -0.39 is 5.51 Å². The van der Waals surface area contributed by atoms with Crippen LogP contribution in [0.5, 0.6) is 0 Å². The second kappa shape index (κ2) is 5.47. The quantitative estimate of drug-likeness (QED) is 0.599. The molecule has 0 saturated heterocycles. The van der Waals surface area contributed by atoms with E-state index in [1.807, 2.05) is 0 Å². The van der Waals surface area contributed by atoms with Crippen LogP contribution < -0.4 is 10.6 Å². The standard InChI is InChI=1S/C17H15PSe/c19-18(17-13-7-8-14-17,15-9-3-1-4-10-15)16-11-5-2-6-12-16/h1-14,17H. The maximum atomic E-state index is 3.57. The molecular weight excluding hydrogens is 314 g/mol. The van der Waals surface area contributed by atoms with Crippen LogP contribution in [0.15, 0.2) is 85.0 Å². The van der Waals surface area contributed by atoms with Crippen LogP contribution in [0.3, 0.4) is 0 Å². The summed E-state index contributed by atoms with van der Waals surface area (Å²) in [6.07, 6.45) is 8.93. The summed E-state index contributed by atoms with van der Waals surface area (Å²) in [6.45, 7) is 0. The molecular formula is C17H15PSe. The van der Waals surface area contributed by atoms with Crippen LogP contribution in [0.25, 0.3) is 0 Å². The van der Waals surface area contributed by atoms with Crippen LogP contribution >= 0.6 is 5.51 Å². The summed E-state index contributed by atoms with van der Waals surface area (Å²) in [5.41, 5.74) is -1.05. The van der Waals surface area contributed by atoms with E-state index in [-0.39, 0.29) is 0 Å². The van der Waals surface area contributed by atoms with Gasteiger partial charge in [0.25, 0.3) is 0 Å². The van der Waals surface area contributed by atoms with Crippen molar-refractivity contribution in [2.24, 2.45) is 0 Å². The monoisotopic (exact) mass is 330 g/mol. The molecule has 1 aliphatic carbocycles. The number of benzene rings is 2. The van der Waals surface area contributed by atoms with Gasteiger partial charge in [-0.15, -0.1) is 0 Å². The van der Waals surface area contributed by atoms with E-state index in [0.717, 1.165) is 0 Å². The molecule has 0 fully saturated rings. The number of rotatable bonds is 3. The molecule has 0 unspecified atom stereocenters. The Labute approximate surface area is 122 Å². The van der Waals surface area contributed by atoms with Gasteiger partial charge >= 0.3 is 122 Å². The number of allylic oxidation sites excluding steroid dienone is 4. The van der Waals surface area contributed by atoms with Gasteiger partial charge in [0.1, 0.15) is 0 Å². The molecule has 1 aliphatic rings. The van der Waals surface area contributed by atoms with Crippen molar-refractivity contribution in [3.05, 3.63) is 85.0 Å². The zero-order valence-corrected chi connectivity index (χ0v) is 13.1. The Morgan fingerprint density at radius 2 is 1.11 bits per heavy atom. The van der Waals surface area contributed by atoms with Crippen molar-refractivity contribution in [1.29, 1.82) is 0 Å². The Bertz CT molecular complexity index is 601. The third-order valence-electron chi connectivity index (χ3n) is 3.43. The molecule has 2 heteroatoms. The Balaban J connectivity index is 2.19. The Hall–Kier alpha value is -1.13. The summed E-state index contributed by atoms with van der Waals surface area (Å²) in [4.78, 5) is 0. The van der Waals surface area contributed by atoms with Gasteiger partial charge in [0, 0.05) is 0 Å². The Morgan fingerprint density at radius 3 is 1.53 bits per heavy atom. The SMILES string of the molecule is [Se]=P(c1ccccc1)(c1ccccc1)C1C=CC=C1. The minimum atomic E-state index is -1.52. The molecule has 0 saturated carbocycles. The molecule has 0 atom stereocenters. The van der Waals surface area contributed by atoms with Crippen molar-refractivity contribution < 1.29 is 0 Å². The van der Waals surface area contributed by atoms with Gasteiger partial charge in [0.15, 0.2) is 0 Å². The van der Waals surface area contributed by atoms with E-state index >= 15 is 0 Å². The fraction of sp³-hybridized carbons (Fsp3) is 0.0588. The Morgan fingerprint density at radius 1 is 0.684 bits per heavy atom. The summed E-state index contributed by atoms with van der Waals surface area (Å²) in [5, 5.41) is 2.84. The first-order valence-electron chi connectivity index (χ1n) is 6.38. The van der Waals surface area contributed by atoms with Gasteiger partial charge in [-0.25, -0.2) is 0 Å². The van der Waals surface area contributed by atoms with Gasteiger partial charge in [-0.05, 0) is 0 Å². The van der Waals surface area contributed by atoms with E-state index in [0.29, 0.717) is 5.66 Å². The van der Waals surface area contributed by atoms with Gasteiger partial charge < -0.3 is 0 Å². The average molecular weight is 329 g/mol. The summed E-state index contributed by atoms with van der Waals surface area (Å²) < 4.78 is 0. The number of hydrogen-bond donors (Lipinski definition) is 0. The zero-order valence-electron chi connectivity index (χ0n) is 10.5. The van der Waals surface area contributed by atoms with Crippen molar-refractivity contribution in [2.75, 3.05) is 0 Å². The third-order valence-corrected chi connectivity index (χ3v) is 10.9. The molecule has 0 bridgehead atoms. The van der Waals surface area contributed by atoms with E-state index in [1.54, 1.807) is 0 Å². The normalized spacial score (nSPS) is 14.9. The topological polar surface area (TPSA) is 0 Å². The van der Waals surface area contributed by atoms with Crippen molar-refractivity contribution in [1.82, 2.24) is 0 Å². The van der Waals surface area contributed by atoms with Gasteiger partial charge in [-0.2, -0.15) is 0 Å².